The number of hydrogen-bond donors (Lipinski definition) is 1. The third kappa shape index (κ3) is 5.20. The SMILES string of the molecule is COc1cccc(CC(N)CCC(C)OC)c1. The molecule has 0 aliphatic heterocycles. The van der Waals surface area contributed by atoms with E-state index in [2.05, 4.69) is 13.0 Å². The van der Waals surface area contributed by atoms with Crippen molar-refractivity contribution in [2.24, 2.45) is 5.73 Å². The second-order valence-corrected chi connectivity index (χ2v) is 4.44. The summed E-state index contributed by atoms with van der Waals surface area (Å²) in [4.78, 5) is 0. The Balaban J connectivity index is 2.41. The van der Waals surface area contributed by atoms with E-state index >= 15 is 0 Å². The van der Waals surface area contributed by atoms with Crippen LogP contribution >= 0.6 is 0 Å². The molecule has 3 nitrogen and oxygen atoms in total. The van der Waals surface area contributed by atoms with Crippen LogP contribution in [-0.2, 0) is 11.2 Å². The summed E-state index contributed by atoms with van der Waals surface area (Å²) in [7, 11) is 3.41. The van der Waals surface area contributed by atoms with Gasteiger partial charge in [0.25, 0.3) is 0 Å². The van der Waals surface area contributed by atoms with Crippen molar-refractivity contribution in [3.8, 4) is 5.75 Å². The Labute approximate surface area is 104 Å². The van der Waals surface area contributed by atoms with Crippen LogP contribution in [0.3, 0.4) is 0 Å². The number of benzene rings is 1. The molecule has 0 aliphatic rings. The Kier molecular flexibility index (Phi) is 6.01. The van der Waals surface area contributed by atoms with E-state index in [1.807, 2.05) is 18.2 Å². The lowest BCUT2D eigenvalue weighted by molar-refractivity contribution is 0.107. The maximum Gasteiger partial charge on any atom is 0.119 e. The van der Waals surface area contributed by atoms with Crippen LogP contribution in [0.2, 0.25) is 0 Å². The second kappa shape index (κ2) is 7.30. The minimum atomic E-state index is 0.180. The van der Waals surface area contributed by atoms with Gasteiger partial charge in [-0.15, -0.1) is 0 Å². The highest BCUT2D eigenvalue weighted by atomic mass is 16.5. The van der Waals surface area contributed by atoms with Gasteiger partial charge in [-0.05, 0) is 43.9 Å². The maximum absolute atomic E-state index is 6.10. The van der Waals surface area contributed by atoms with Crippen LogP contribution in [0.25, 0.3) is 0 Å². The highest BCUT2D eigenvalue weighted by molar-refractivity contribution is 5.28. The summed E-state index contributed by atoms with van der Waals surface area (Å²) < 4.78 is 10.4. The highest BCUT2D eigenvalue weighted by Crippen LogP contribution is 2.15. The lowest BCUT2D eigenvalue weighted by Crippen LogP contribution is -2.24. The minimum absolute atomic E-state index is 0.180. The van der Waals surface area contributed by atoms with Gasteiger partial charge in [-0.2, -0.15) is 0 Å². The second-order valence-electron chi connectivity index (χ2n) is 4.44. The molecule has 17 heavy (non-hydrogen) atoms. The first-order valence-electron chi connectivity index (χ1n) is 6.07. The maximum atomic E-state index is 6.10. The van der Waals surface area contributed by atoms with Gasteiger partial charge in [0.1, 0.15) is 5.75 Å². The molecule has 2 N–H and O–H groups in total. The highest BCUT2D eigenvalue weighted by Gasteiger charge is 2.07. The third-order valence-electron chi connectivity index (χ3n) is 2.98. The summed E-state index contributed by atoms with van der Waals surface area (Å²) >= 11 is 0. The van der Waals surface area contributed by atoms with Crippen LogP contribution in [0.5, 0.6) is 5.75 Å². The van der Waals surface area contributed by atoms with Crippen LogP contribution in [0.15, 0.2) is 24.3 Å². The van der Waals surface area contributed by atoms with Crippen LogP contribution in [-0.4, -0.2) is 26.4 Å². The Hall–Kier alpha value is -1.06. The smallest absolute Gasteiger partial charge is 0.119 e. The van der Waals surface area contributed by atoms with E-state index in [1.165, 1.54) is 5.56 Å². The number of nitrogens with two attached hydrogens (primary N) is 1. The zero-order valence-corrected chi connectivity index (χ0v) is 11.0. The van der Waals surface area contributed by atoms with Gasteiger partial charge >= 0.3 is 0 Å². The van der Waals surface area contributed by atoms with Gasteiger partial charge in [0.05, 0.1) is 13.2 Å². The average Bonchev–Trinajstić information content (AvgIpc) is 2.36. The summed E-state index contributed by atoms with van der Waals surface area (Å²) in [5, 5.41) is 0. The monoisotopic (exact) mass is 237 g/mol. The Morgan fingerprint density at radius 2 is 2.00 bits per heavy atom. The molecule has 1 aromatic carbocycles. The van der Waals surface area contributed by atoms with Crippen LogP contribution in [0.4, 0.5) is 0 Å². The number of rotatable bonds is 7. The molecule has 0 saturated heterocycles. The Morgan fingerprint density at radius 1 is 1.24 bits per heavy atom. The number of methoxy groups -OCH3 is 2. The summed E-state index contributed by atoms with van der Waals surface area (Å²) in [6, 6.07) is 8.25. The van der Waals surface area contributed by atoms with Crippen LogP contribution < -0.4 is 10.5 Å². The van der Waals surface area contributed by atoms with Gasteiger partial charge in [-0.25, -0.2) is 0 Å². The van der Waals surface area contributed by atoms with Crippen molar-refractivity contribution in [3.63, 3.8) is 0 Å². The lowest BCUT2D eigenvalue weighted by atomic mass is 10.0. The predicted molar refractivity (Wildman–Crippen MR) is 70.4 cm³/mol. The topological polar surface area (TPSA) is 44.5 Å². The van der Waals surface area contributed by atoms with E-state index in [1.54, 1.807) is 14.2 Å². The van der Waals surface area contributed by atoms with Gasteiger partial charge in [-0.1, -0.05) is 12.1 Å². The molecule has 0 aromatic heterocycles. The predicted octanol–water partition coefficient (Wildman–Crippen LogP) is 2.38. The third-order valence-corrected chi connectivity index (χ3v) is 2.98. The van der Waals surface area contributed by atoms with Crippen LogP contribution in [0.1, 0.15) is 25.3 Å². The van der Waals surface area contributed by atoms with Crippen molar-refractivity contribution >= 4 is 0 Å². The van der Waals surface area contributed by atoms with Crippen molar-refractivity contribution < 1.29 is 9.47 Å². The molecule has 96 valence electrons. The van der Waals surface area contributed by atoms with E-state index in [4.69, 9.17) is 15.2 Å². The fourth-order valence-electron chi connectivity index (χ4n) is 1.77. The molecule has 0 fully saturated rings. The fourth-order valence-corrected chi connectivity index (χ4v) is 1.77. The Morgan fingerprint density at radius 3 is 2.65 bits per heavy atom. The zero-order chi connectivity index (χ0) is 12.7. The molecule has 2 atom stereocenters. The normalized spacial score (nSPS) is 14.4. The molecule has 3 heteroatoms. The van der Waals surface area contributed by atoms with Crippen molar-refractivity contribution in [1.82, 2.24) is 0 Å². The molecular weight excluding hydrogens is 214 g/mol. The minimum Gasteiger partial charge on any atom is -0.497 e. The summed E-state index contributed by atoms with van der Waals surface area (Å²) in [5.41, 5.74) is 7.33. The van der Waals surface area contributed by atoms with Gasteiger partial charge < -0.3 is 15.2 Å². The number of hydrogen-bond acceptors (Lipinski definition) is 3. The van der Waals surface area contributed by atoms with E-state index in [9.17, 15) is 0 Å². The first kappa shape index (κ1) is 14.0. The van der Waals surface area contributed by atoms with E-state index in [0.717, 1.165) is 25.0 Å². The standard InChI is InChI=1S/C14H23NO2/c1-11(16-2)7-8-13(15)9-12-5-4-6-14(10-12)17-3/h4-6,10-11,13H,7-9,15H2,1-3H3. The van der Waals surface area contributed by atoms with E-state index in [-0.39, 0.29) is 12.1 Å². The molecule has 1 aromatic rings. The van der Waals surface area contributed by atoms with Gasteiger partial charge in [-0.3, -0.25) is 0 Å². The zero-order valence-electron chi connectivity index (χ0n) is 11.0. The molecule has 0 radical (unpaired) electrons. The number of ether oxygens (including phenoxy) is 2. The van der Waals surface area contributed by atoms with E-state index in [0.29, 0.717) is 0 Å². The van der Waals surface area contributed by atoms with Gasteiger partial charge in [0, 0.05) is 13.2 Å². The fraction of sp³-hybridized carbons (Fsp3) is 0.571. The molecule has 1 rings (SSSR count). The molecule has 0 heterocycles. The first-order chi connectivity index (χ1) is 8.15. The van der Waals surface area contributed by atoms with Crippen molar-refractivity contribution in [1.29, 1.82) is 0 Å². The summed E-state index contributed by atoms with van der Waals surface area (Å²) in [6.07, 6.45) is 3.15. The quantitative estimate of drug-likeness (QED) is 0.792. The molecule has 0 saturated carbocycles. The molecule has 0 bridgehead atoms. The Bertz CT molecular complexity index is 328. The van der Waals surface area contributed by atoms with Gasteiger partial charge in [0.15, 0.2) is 0 Å². The van der Waals surface area contributed by atoms with E-state index < -0.39 is 0 Å². The molecule has 2 unspecified atom stereocenters. The summed E-state index contributed by atoms with van der Waals surface area (Å²) in [5.74, 6) is 0.889. The lowest BCUT2D eigenvalue weighted by Gasteiger charge is -2.15. The first-order valence-corrected chi connectivity index (χ1v) is 6.07. The van der Waals surface area contributed by atoms with Crippen molar-refractivity contribution in [3.05, 3.63) is 29.8 Å². The molecular formula is C14H23NO2. The molecule has 0 amide bonds. The average molecular weight is 237 g/mol. The van der Waals surface area contributed by atoms with Crippen LogP contribution in [0, 0.1) is 0 Å². The van der Waals surface area contributed by atoms with Gasteiger partial charge in [0.2, 0.25) is 0 Å². The largest absolute Gasteiger partial charge is 0.497 e. The summed E-state index contributed by atoms with van der Waals surface area (Å²) in [6.45, 7) is 2.07. The van der Waals surface area contributed by atoms with Crippen molar-refractivity contribution in [2.45, 2.75) is 38.3 Å². The van der Waals surface area contributed by atoms with Crippen molar-refractivity contribution in [2.75, 3.05) is 14.2 Å². The molecule has 0 spiro atoms. The molecule has 0 aliphatic carbocycles.